The first-order valence-corrected chi connectivity index (χ1v) is 12.8. The van der Waals surface area contributed by atoms with Gasteiger partial charge in [0.05, 0.1) is 42.3 Å². The molecule has 37 heavy (non-hydrogen) atoms. The van der Waals surface area contributed by atoms with Gasteiger partial charge in [0.2, 0.25) is 0 Å². The molecule has 3 rings (SSSR count). The van der Waals surface area contributed by atoms with Gasteiger partial charge in [0.15, 0.2) is 0 Å². The minimum atomic E-state index is -0.658. The number of hydrogen-bond acceptors (Lipinski definition) is 6. The number of aromatic nitrogens is 1. The quantitative estimate of drug-likeness (QED) is 0.242. The van der Waals surface area contributed by atoms with Crippen LogP contribution in [0, 0.1) is 0 Å². The third kappa shape index (κ3) is 6.38. The Bertz CT molecular complexity index is 1240. The molecule has 0 radical (unpaired) electrons. The van der Waals surface area contributed by atoms with Crippen LogP contribution < -0.4 is 10.1 Å². The summed E-state index contributed by atoms with van der Waals surface area (Å²) >= 11 is 12.9. The van der Waals surface area contributed by atoms with Crippen LogP contribution in [0.3, 0.4) is 0 Å². The van der Waals surface area contributed by atoms with E-state index >= 15 is 0 Å². The summed E-state index contributed by atoms with van der Waals surface area (Å²) < 4.78 is 17.5. The molecule has 0 aliphatic carbocycles. The summed E-state index contributed by atoms with van der Waals surface area (Å²) in [6.07, 6.45) is 0.602. The Balaban J connectivity index is 1.83. The molecule has 3 aromatic rings. The van der Waals surface area contributed by atoms with Gasteiger partial charge in [-0.1, -0.05) is 54.4 Å². The second kappa shape index (κ2) is 13.1. The van der Waals surface area contributed by atoms with Gasteiger partial charge < -0.3 is 29.2 Å². The molecule has 0 saturated heterocycles. The Kier molecular flexibility index (Phi) is 10.2. The molecule has 200 valence electrons. The van der Waals surface area contributed by atoms with Gasteiger partial charge in [0, 0.05) is 25.6 Å². The number of carbonyl (C=O) groups excluding carboxylic acids is 2. The molecule has 10 heteroatoms. The maximum atomic E-state index is 13.2. The van der Waals surface area contributed by atoms with E-state index in [1.54, 1.807) is 49.9 Å². The van der Waals surface area contributed by atoms with Gasteiger partial charge in [-0.05, 0) is 30.5 Å². The number of amides is 1. The molecule has 0 spiro atoms. The third-order valence-electron chi connectivity index (χ3n) is 6.18. The zero-order chi connectivity index (χ0) is 27.1. The van der Waals surface area contributed by atoms with Crippen LogP contribution in [0.5, 0.6) is 5.75 Å². The lowest BCUT2D eigenvalue weighted by atomic mass is 9.94. The molecule has 0 fully saturated rings. The van der Waals surface area contributed by atoms with E-state index in [1.165, 1.54) is 0 Å². The van der Waals surface area contributed by atoms with Gasteiger partial charge in [-0.2, -0.15) is 0 Å². The van der Waals surface area contributed by atoms with Crippen molar-refractivity contribution in [3.8, 4) is 5.75 Å². The monoisotopic (exact) mass is 550 g/mol. The number of benzene rings is 2. The average molecular weight is 551 g/mol. The largest absolute Gasteiger partial charge is 0.489 e. The zero-order valence-electron chi connectivity index (χ0n) is 21.3. The number of carbonyl (C=O) groups is 2. The number of nitrogens with one attached hydrogen (secondary N) is 1. The predicted molar refractivity (Wildman–Crippen MR) is 144 cm³/mol. The highest BCUT2D eigenvalue weighted by Gasteiger charge is 2.23. The summed E-state index contributed by atoms with van der Waals surface area (Å²) in [5.41, 5.74) is 2.52. The smallest absolute Gasteiger partial charge is 0.313 e. The number of rotatable bonds is 12. The Morgan fingerprint density at radius 3 is 2.32 bits per heavy atom. The number of aliphatic hydroxyl groups is 1. The molecule has 8 nitrogen and oxygen atoms in total. The molecule has 1 aromatic heterocycles. The van der Waals surface area contributed by atoms with Gasteiger partial charge in [0.25, 0.3) is 5.91 Å². The molecule has 0 aliphatic rings. The van der Waals surface area contributed by atoms with Crippen LogP contribution in [0.25, 0.3) is 10.9 Å². The fourth-order valence-corrected chi connectivity index (χ4v) is 4.60. The predicted octanol–water partition coefficient (Wildman–Crippen LogP) is 5.03. The molecule has 1 heterocycles. The molecular weight excluding hydrogens is 519 g/mol. The highest BCUT2D eigenvalue weighted by molar-refractivity contribution is 6.46. The van der Waals surface area contributed by atoms with Crippen molar-refractivity contribution in [2.45, 2.75) is 32.2 Å². The molecule has 0 saturated carbocycles. The van der Waals surface area contributed by atoms with Gasteiger partial charge in [-0.3, -0.25) is 9.59 Å². The summed E-state index contributed by atoms with van der Waals surface area (Å²) in [7, 11) is 3.31. The standard InChI is InChI=1S/C27H32Cl2N2O6/c1-5-18(27(34)36-6-2)16-7-9-17(10-8-16)20(15-32)30-26(33)22-13-19-21(31(22)3)14-23(25(29)24(19)28)37-12-11-35-4/h7-10,13-14,18,20,32H,5-6,11-12,15H2,1-4H3,(H,30,33)/t18?,20-/m1/s1. The number of ether oxygens (including phenoxy) is 3. The first kappa shape index (κ1) is 28.8. The maximum absolute atomic E-state index is 13.2. The van der Waals surface area contributed by atoms with E-state index in [9.17, 15) is 14.7 Å². The Hall–Kier alpha value is -2.78. The number of hydrogen-bond donors (Lipinski definition) is 2. The van der Waals surface area contributed by atoms with Crippen LogP contribution in [0.15, 0.2) is 36.4 Å². The van der Waals surface area contributed by atoms with Crippen LogP contribution in [-0.2, 0) is 21.3 Å². The number of esters is 1. The van der Waals surface area contributed by atoms with Crippen LogP contribution in [0.2, 0.25) is 10.0 Å². The highest BCUT2D eigenvalue weighted by atomic mass is 35.5. The van der Waals surface area contributed by atoms with Crippen molar-refractivity contribution < 1.29 is 28.9 Å². The second-order valence-corrected chi connectivity index (χ2v) is 9.21. The zero-order valence-corrected chi connectivity index (χ0v) is 22.9. The third-order valence-corrected chi connectivity index (χ3v) is 7.04. The van der Waals surface area contributed by atoms with E-state index < -0.39 is 11.9 Å². The van der Waals surface area contributed by atoms with Crippen molar-refractivity contribution in [2.24, 2.45) is 7.05 Å². The van der Waals surface area contributed by atoms with Crippen molar-refractivity contribution >= 4 is 46.0 Å². The van der Waals surface area contributed by atoms with Crippen LogP contribution in [0.4, 0.5) is 0 Å². The van der Waals surface area contributed by atoms with Crippen molar-refractivity contribution in [2.75, 3.05) is 33.5 Å². The fourth-order valence-electron chi connectivity index (χ4n) is 4.15. The van der Waals surface area contributed by atoms with Crippen molar-refractivity contribution in [3.05, 3.63) is 63.3 Å². The summed E-state index contributed by atoms with van der Waals surface area (Å²) in [6, 6.07) is 9.94. The van der Waals surface area contributed by atoms with Crippen molar-refractivity contribution in [1.29, 1.82) is 0 Å². The van der Waals surface area contributed by atoms with Crippen molar-refractivity contribution in [3.63, 3.8) is 0 Å². The minimum Gasteiger partial charge on any atom is -0.489 e. The summed E-state index contributed by atoms with van der Waals surface area (Å²) in [4.78, 5) is 25.5. The molecule has 1 amide bonds. The number of halogens is 2. The normalized spacial score (nSPS) is 12.8. The molecule has 2 N–H and O–H groups in total. The SMILES string of the molecule is CCOC(=O)C(CC)c1ccc([C@@H](CO)NC(=O)c2cc3c(Cl)c(Cl)c(OCCOC)cc3n2C)cc1. The number of nitrogens with zero attached hydrogens (tertiary/aromatic N) is 1. The molecular formula is C27H32Cl2N2O6. The molecule has 2 atom stereocenters. The lowest BCUT2D eigenvalue weighted by Gasteiger charge is -2.19. The maximum Gasteiger partial charge on any atom is 0.313 e. The second-order valence-electron chi connectivity index (χ2n) is 8.45. The van der Waals surface area contributed by atoms with E-state index in [2.05, 4.69) is 5.32 Å². The Morgan fingerprint density at radius 2 is 1.73 bits per heavy atom. The minimum absolute atomic E-state index is 0.254. The summed E-state index contributed by atoms with van der Waals surface area (Å²) in [5.74, 6) is -0.641. The van der Waals surface area contributed by atoms with Crippen LogP contribution >= 0.6 is 23.2 Å². The fraction of sp³-hybridized carbons (Fsp3) is 0.407. The Labute approximate surface area is 226 Å². The molecule has 2 aromatic carbocycles. The van der Waals surface area contributed by atoms with Gasteiger partial charge in [-0.25, -0.2) is 0 Å². The van der Waals surface area contributed by atoms with E-state index in [0.29, 0.717) is 54.2 Å². The van der Waals surface area contributed by atoms with E-state index in [0.717, 1.165) is 5.56 Å². The van der Waals surface area contributed by atoms with Gasteiger partial charge in [-0.15, -0.1) is 0 Å². The molecule has 0 aliphatic heterocycles. The molecule has 0 bridgehead atoms. The Morgan fingerprint density at radius 1 is 1.05 bits per heavy atom. The van der Waals surface area contributed by atoms with Crippen LogP contribution in [0.1, 0.15) is 53.8 Å². The average Bonchev–Trinajstić information content (AvgIpc) is 3.23. The topological polar surface area (TPSA) is 99.0 Å². The summed E-state index contributed by atoms with van der Waals surface area (Å²) in [6.45, 7) is 4.39. The van der Waals surface area contributed by atoms with Crippen molar-refractivity contribution in [1.82, 2.24) is 9.88 Å². The lowest BCUT2D eigenvalue weighted by molar-refractivity contribution is -0.145. The number of fused-ring (bicyclic) bond motifs is 1. The van der Waals surface area contributed by atoms with Crippen LogP contribution in [-0.4, -0.2) is 55.1 Å². The van der Waals surface area contributed by atoms with E-state index in [4.69, 9.17) is 37.4 Å². The number of methoxy groups -OCH3 is 1. The van der Waals surface area contributed by atoms with E-state index in [1.807, 2.05) is 19.1 Å². The molecule has 1 unspecified atom stereocenters. The summed E-state index contributed by atoms with van der Waals surface area (Å²) in [5, 5.41) is 14.0. The van der Waals surface area contributed by atoms with E-state index in [-0.39, 0.29) is 28.5 Å². The van der Waals surface area contributed by atoms with Gasteiger partial charge in [0.1, 0.15) is 23.1 Å². The highest BCUT2D eigenvalue weighted by Crippen LogP contribution is 2.40. The number of aliphatic hydroxyl groups excluding tert-OH is 1. The first-order valence-electron chi connectivity index (χ1n) is 12.0. The first-order chi connectivity index (χ1) is 17.8. The number of aryl methyl sites for hydroxylation is 1. The van der Waals surface area contributed by atoms with Gasteiger partial charge >= 0.3 is 5.97 Å². The lowest BCUT2D eigenvalue weighted by Crippen LogP contribution is -2.32.